The molecule has 0 aromatic carbocycles. The molecule has 1 heterocycles. The standard InChI is InChI=1S/C12H18N2O4S2/c1-7-6-19-10(12(15)18-2)11(7)20(16,17)14-9(5-13)8-3-4-8/h6,8-9,14H,3-5,13H2,1-2H3. The van der Waals surface area contributed by atoms with Gasteiger partial charge in [0.1, 0.15) is 9.77 Å². The van der Waals surface area contributed by atoms with Gasteiger partial charge in [-0.05, 0) is 36.6 Å². The van der Waals surface area contributed by atoms with Gasteiger partial charge < -0.3 is 10.5 Å². The number of methoxy groups -OCH3 is 1. The minimum Gasteiger partial charge on any atom is -0.465 e. The number of ether oxygens (including phenoxy) is 1. The average molecular weight is 318 g/mol. The molecule has 1 fully saturated rings. The molecule has 0 saturated heterocycles. The van der Waals surface area contributed by atoms with E-state index >= 15 is 0 Å². The average Bonchev–Trinajstić information content (AvgIpc) is 3.17. The van der Waals surface area contributed by atoms with Gasteiger partial charge in [-0.1, -0.05) is 0 Å². The number of nitrogens with one attached hydrogen (secondary N) is 1. The Bertz CT molecular complexity index is 605. The molecule has 3 N–H and O–H groups in total. The number of esters is 1. The lowest BCUT2D eigenvalue weighted by Crippen LogP contribution is -2.42. The predicted octanol–water partition coefficient (Wildman–Crippen LogP) is 0.859. The number of carbonyl (C=O) groups excluding carboxylic acids is 1. The number of nitrogens with two attached hydrogens (primary N) is 1. The maximum atomic E-state index is 12.5. The number of aryl methyl sites for hydroxylation is 1. The van der Waals surface area contributed by atoms with Crippen LogP contribution < -0.4 is 10.5 Å². The summed E-state index contributed by atoms with van der Waals surface area (Å²) in [6.45, 7) is 1.91. The molecule has 0 radical (unpaired) electrons. The summed E-state index contributed by atoms with van der Waals surface area (Å²) in [5.41, 5.74) is 6.16. The molecule has 20 heavy (non-hydrogen) atoms. The Balaban J connectivity index is 2.33. The van der Waals surface area contributed by atoms with E-state index in [2.05, 4.69) is 9.46 Å². The number of rotatable bonds is 6. The fraction of sp³-hybridized carbons (Fsp3) is 0.583. The molecule has 0 bridgehead atoms. The van der Waals surface area contributed by atoms with E-state index in [0.717, 1.165) is 24.2 Å². The second-order valence-electron chi connectivity index (χ2n) is 4.87. The van der Waals surface area contributed by atoms with Crippen molar-refractivity contribution in [1.29, 1.82) is 0 Å². The van der Waals surface area contributed by atoms with Crippen molar-refractivity contribution in [2.45, 2.75) is 30.7 Å². The SMILES string of the molecule is COC(=O)c1scc(C)c1S(=O)(=O)NC(CN)C1CC1. The second-order valence-corrected chi connectivity index (χ2v) is 7.40. The van der Waals surface area contributed by atoms with Gasteiger partial charge in [0.25, 0.3) is 0 Å². The van der Waals surface area contributed by atoms with Crippen LogP contribution in [0.3, 0.4) is 0 Å². The van der Waals surface area contributed by atoms with Crippen LogP contribution in [0.25, 0.3) is 0 Å². The predicted molar refractivity (Wildman–Crippen MR) is 76.3 cm³/mol. The molecule has 0 spiro atoms. The minimum atomic E-state index is -3.77. The second kappa shape index (κ2) is 5.80. The van der Waals surface area contributed by atoms with Crippen molar-refractivity contribution in [2.75, 3.05) is 13.7 Å². The monoisotopic (exact) mass is 318 g/mol. The summed E-state index contributed by atoms with van der Waals surface area (Å²) in [7, 11) is -2.54. The molecule has 8 heteroatoms. The lowest BCUT2D eigenvalue weighted by Gasteiger charge is -2.16. The van der Waals surface area contributed by atoms with Crippen molar-refractivity contribution in [1.82, 2.24) is 4.72 Å². The quantitative estimate of drug-likeness (QED) is 0.758. The first-order valence-corrected chi connectivity index (χ1v) is 8.65. The van der Waals surface area contributed by atoms with Crippen LogP contribution in [0.2, 0.25) is 0 Å². The zero-order chi connectivity index (χ0) is 14.9. The molecule has 1 aromatic heterocycles. The van der Waals surface area contributed by atoms with E-state index in [1.54, 1.807) is 12.3 Å². The molecule has 1 aromatic rings. The number of hydrogen-bond donors (Lipinski definition) is 2. The molecule has 1 saturated carbocycles. The topological polar surface area (TPSA) is 98.5 Å². The third-order valence-corrected chi connectivity index (χ3v) is 6.19. The first kappa shape index (κ1) is 15.4. The maximum Gasteiger partial charge on any atom is 0.349 e. The van der Waals surface area contributed by atoms with Gasteiger partial charge in [-0.3, -0.25) is 0 Å². The van der Waals surface area contributed by atoms with Gasteiger partial charge in [-0.25, -0.2) is 17.9 Å². The van der Waals surface area contributed by atoms with Gasteiger partial charge in [0.2, 0.25) is 10.0 Å². The van der Waals surface area contributed by atoms with E-state index in [4.69, 9.17) is 5.73 Å². The fourth-order valence-corrected chi connectivity index (χ4v) is 5.12. The van der Waals surface area contributed by atoms with E-state index in [9.17, 15) is 13.2 Å². The van der Waals surface area contributed by atoms with Gasteiger partial charge in [0.15, 0.2) is 0 Å². The van der Waals surface area contributed by atoms with Crippen molar-refractivity contribution >= 4 is 27.3 Å². The first-order valence-electron chi connectivity index (χ1n) is 6.29. The Hall–Kier alpha value is -0.960. The first-order chi connectivity index (χ1) is 9.40. The summed E-state index contributed by atoms with van der Waals surface area (Å²) < 4.78 is 32.2. The van der Waals surface area contributed by atoms with Gasteiger partial charge in [-0.15, -0.1) is 11.3 Å². The number of thiophene rings is 1. The van der Waals surface area contributed by atoms with Crippen molar-refractivity contribution < 1.29 is 17.9 Å². The number of sulfonamides is 1. The van der Waals surface area contributed by atoms with Gasteiger partial charge in [-0.2, -0.15) is 0 Å². The van der Waals surface area contributed by atoms with Crippen LogP contribution in [0, 0.1) is 12.8 Å². The van der Waals surface area contributed by atoms with Crippen molar-refractivity contribution in [2.24, 2.45) is 11.7 Å². The van der Waals surface area contributed by atoms with Gasteiger partial charge in [0.05, 0.1) is 7.11 Å². The highest BCUT2D eigenvalue weighted by molar-refractivity contribution is 7.89. The highest BCUT2D eigenvalue weighted by atomic mass is 32.2. The molecular formula is C12H18N2O4S2. The Morgan fingerprint density at radius 1 is 1.60 bits per heavy atom. The van der Waals surface area contributed by atoms with Crippen LogP contribution >= 0.6 is 11.3 Å². The Morgan fingerprint density at radius 3 is 2.75 bits per heavy atom. The smallest absolute Gasteiger partial charge is 0.349 e. The summed E-state index contributed by atoms with van der Waals surface area (Å²) in [6, 6.07) is -0.273. The highest BCUT2D eigenvalue weighted by Gasteiger charge is 2.35. The summed E-state index contributed by atoms with van der Waals surface area (Å²) in [5.74, 6) is -0.338. The molecule has 2 rings (SSSR count). The van der Waals surface area contributed by atoms with Crippen LogP contribution in [-0.4, -0.2) is 34.1 Å². The lowest BCUT2D eigenvalue weighted by molar-refractivity contribution is 0.0602. The van der Waals surface area contributed by atoms with Crippen LogP contribution in [0.5, 0.6) is 0 Å². The molecule has 1 unspecified atom stereocenters. The zero-order valence-electron chi connectivity index (χ0n) is 11.4. The largest absolute Gasteiger partial charge is 0.465 e. The summed E-state index contributed by atoms with van der Waals surface area (Å²) in [4.78, 5) is 11.8. The normalized spacial score (nSPS) is 16.9. The summed E-state index contributed by atoms with van der Waals surface area (Å²) in [5, 5.41) is 1.63. The van der Waals surface area contributed by atoms with E-state index in [0.29, 0.717) is 11.5 Å². The number of carbonyl (C=O) groups is 1. The Morgan fingerprint density at radius 2 is 2.25 bits per heavy atom. The molecular weight excluding hydrogens is 300 g/mol. The molecule has 1 aliphatic rings. The Kier molecular flexibility index (Phi) is 4.48. The van der Waals surface area contributed by atoms with Crippen LogP contribution in [-0.2, 0) is 14.8 Å². The summed E-state index contributed by atoms with van der Waals surface area (Å²) in [6.07, 6.45) is 1.97. The van der Waals surface area contributed by atoms with Crippen LogP contribution in [0.4, 0.5) is 0 Å². The number of hydrogen-bond acceptors (Lipinski definition) is 6. The molecule has 1 atom stereocenters. The molecule has 112 valence electrons. The highest BCUT2D eigenvalue weighted by Crippen LogP contribution is 2.34. The van der Waals surface area contributed by atoms with Crippen molar-refractivity contribution in [3.8, 4) is 0 Å². The van der Waals surface area contributed by atoms with Crippen molar-refractivity contribution in [3.05, 3.63) is 15.8 Å². The van der Waals surface area contributed by atoms with Crippen LogP contribution in [0.15, 0.2) is 10.3 Å². The van der Waals surface area contributed by atoms with Crippen molar-refractivity contribution in [3.63, 3.8) is 0 Å². The maximum absolute atomic E-state index is 12.5. The lowest BCUT2D eigenvalue weighted by atomic mass is 10.2. The molecule has 0 amide bonds. The molecule has 0 aliphatic heterocycles. The van der Waals surface area contributed by atoms with E-state index in [1.165, 1.54) is 7.11 Å². The van der Waals surface area contributed by atoms with E-state index in [-0.39, 0.29) is 22.4 Å². The zero-order valence-corrected chi connectivity index (χ0v) is 13.0. The summed E-state index contributed by atoms with van der Waals surface area (Å²) >= 11 is 1.07. The van der Waals surface area contributed by atoms with Gasteiger partial charge >= 0.3 is 5.97 Å². The Labute approximate surface area is 122 Å². The van der Waals surface area contributed by atoms with Gasteiger partial charge in [0, 0.05) is 12.6 Å². The minimum absolute atomic E-state index is 0.00782. The van der Waals surface area contributed by atoms with E-state index < -0.39 is 16.0 Å². The third kappa shape index (κ3) is 3.03. The third-order valence-electron chi connectivity index (χ3n) is 3.31. The van der Waals surface area contributed by atoms with E-state index in [1.807, 2.05) is 0 Å². The fourth-order valence-electron chi connectivity index (χ4n) is 2.09. The molecule has 6 nitrogen and oxygen atoms in total. The molecule has 1 aliphatic carbocycles. The van der Waals surface area contributed by atoms with Crippen LogP contribution in [0.1, 0.15) is 28.1 Å².